The zero-order chi connectivity index (χ0) is 13.0. The summed E-state index contributed by atoms with van der Waals surface area (Å²) in [7, 11) is 0. The largest absolute Gasteiger partial charge is 0.395 e. The van der Waals surface area contributed by atoms with E-state index in [0.717, 1.165) is 18.9 Å². The van der Waals surface area contributed by atoms with Gasteiger partial charge in [0.2, 0.25) is 0 Å². The molecule has 0 amide bonds. The van der Waals surface area contributed by atoms with Gasteiger partial charge in [-0.25, -0.2) is 4.98 Å². The van der Waals surface area contributed by atoms with E-state index in [-0.39, 0.29) is 12.6 Å². The highest BCUT2D eigenvalue weighted by Crippen LogP contribution is 2.38. The van der Waals surface area contributed by atoms with Crippen LogP contribution in [0.5, 0.6) is 0 Å². The lowest BCUT2D eigenvalue weighted by Gasteiger charge is -2.23. The van der Waals surface area contributed by atoms with E-state index in [9.17, 15) is 5.11 Å². The van der Waals surface area contributed by atoms with Gasteiger partial charge in [-0.15, -0.1) is 11.3 Å². The number of nitrogens with zero attached hydrogens (tertiary/aromatic N) is 1. The van der Waals surface area contributed by atoms with Gasteiger partial charge < -0.3 is 10.4 Å². The van der Waals surface area contributed by atoms with Gasteiger partial charge >= 0.3 is 0 Å². The molecule has 2 atom stereocenters. The third-order valence-corrected chi connectivity index (χ3v) is 5.25. The van der Waals surface area contributed by atoms with Crippen molar-refractivity contribution in [3.63, 3.8) is 0 Å². The number of thiazole rings is 1. The van der Waals surface area contributed by atoms with E-state index in [1.807, 2.05) is 17.5 Å². The van der Waals surface area contributed by atoms with Crippen molar-refractivity contribution in [2.45, 2.75) is 58.0 Å². The summed E-state index contributed by atoms with van der Waals surface area (Å²) in [5.41, 5.74) is 0. The van der Waals surface area contributed by atoms with Gasteiger partial charge in [0.1, 0.15) is 0 Å². The maximum atomic E-state index is 9.37. The summed E-state index contributed by atoms with van der Waals surface area (Å²) in [6, 6.07) is 0.198. The van der Waals surface area contributed by atoms with E-state index in [4.69, 9.17) is 0 Å². The fourth-order valence-electron chi connectivity index (χ4n) is 2.21. The molecule has 0 aliphatic heterocycles. The van der Waals surface area contributed by atoms with Gasteiger partial charge in [-0.05, 0) is 18.8 Å². The lowest BCUT2D eigenvalue weighted by molar-refractivity contribution is 0.201. The Balaban J connectivity index is 1.83. The van der Waals surface area contributed by atoms with Gasteiger partial charge in [-0.1, -0.05) is 26.7 Å². The predicted octanol–water partition coefficient (Wildman–Crippen LogP) is 2.91. The molecule has 0 spiro atoms. The second-order valence-electron chi connectivity index (χ2n) is 5.35. The van der Waals surface area contributed by atoms with Crippen molar-refractivity contribution in [2.24, 2.45) is 5.92 Å². The number of aliphatic hydroxyl groups excluding tert-OH is 1. The standard InChI is InChI=1S/C14H24N2OS/c1-3-10(2)13(9-17)15-7-12-8-16-14(18-12)11-5-4-6-11/h8,10-11,13,15,17H,3-7,9H2,1-2H3/t10-,13+/m1/s1. The first-order valence-corrected chi connectivity index (χ1v) is 7.85. The number of hydrogen-bond donors (Lipinski definition) is 2. The zero-order valence-electron chi connectivity index (χ0n) is 11.4. The lowest BCUT2D eigenvalue weighted by Crippen LogP contribution is -2.37. The van der Waals surface area contributed by atoms with Crippen LogP contribution in [0.3, 0.4) is 0 Å². The molecule has 0 saturated heterocycles. The van der Waals surface area contributed by atoms with Crippen LogP contribution >= 0.6 is 11.3 Å². The monoisotopic (exact) mass is 268 g/mol. The Hall–Kier alpha value is -0.450. The molecule has 0 bridgehead atoms. The minimum absolute atomic E-state index is 0.198. The highest BCUT2D eigenvalue weighted by molar-refractivity contribution is 7.11. The number of rotatable bonds is 7. The van der Waals surface area contributed by atoms with Crippen LogP contribution in [-0.2, 0) is 6.54 Å². The predicted molar refractivity (Wildman–Crippen MR) is 75.9 cm³/mol. The molecule has 1 saturated carbocycles. The molecule has 1 aliphatic rings. The summed E-state index contributed by atoms with van der Waals surface area (Å²) >= 11 is 1.83. The molecule has 1 heterocycles. The van der Waals surface area contributed by atoms with Crippen LogP contribution in [0.15, 0.2) is 6.20 Å². The molecular weight excluding hydrogens is 244 g/mol. The third-order valence-electron chi connectivity index (χ3n) is 4.09. The minimum Gasteiger partial charge on any atom is -0.395 e. The molecule has 0 aromatic carbocycles. The summed E-state index contributed by atoms with van der Waals surface area (Å²) in [5, 5.41) is 14.1. The molecule has 0 radical (unpaired) electrons. The molecule has 18 heavy (non-hydrogen) atoms. The normalized spacial score (nSPS) is 19.5. The maximum absolute atomic E-state index is 9.37. The van der Waals surface area contributed by atoms with E-state index >= 15 is 0 Å². The van der Waals surface area contributed by atoms with Gasteiger partial charge in [-0.3, -0.25) is 0 Å². The Morgan fingerprint density at radius 1 is 1.56 bits per heavy atom. The SMILES string of the molecule is CC[C@@H](C)[C@H](CO)NCc1cnc(C2CCC2)s1. The lowest BCUT2D eigenvalue weighted by atomic mass is 9.86. The summed E-state index contributed by atoms with van der Waals surface area (Å²) < 4.78 is 0. The van der Waals surface area contributed by atoms with Crippen LogP contribution in [0, 0.1) is 5.92 Å². The summed E-state index contributed by atoms with van der Waals surface area (Å²) in [4.78, 5) is 5.81. The van der Waals surface area contributed by atoms with Crippen LogP contribution in [0.2, 0.25) is 0 Å². The molecule has 1 fully saturated rings. The van der Waals surface area contributed by atoms with Crippen LogP contribution in [0.1, 0.15) is 55.3 Å². The molecule has 1 aliphatic carbocycles. The second-order valence-corrected chi connectivity index (χ2v) is 6.49. The quantitative estimate of drug-likeness (QED) is 0.799. The van der Waals surface area contributed by atoms with Gasteiger partial charge in [0.25, 0.3) is 0 Å². The first-order valence-electron chi connectivity index (χ1n) is 7.03. The van der Waals surface area contributed by atoms with Crippen LogP contribution in [0.4, 0.5) is 0 Å². The molecule has 1 aromatic heterocycles. The van der Waals surface area contributed by atoms with Crippen molar-refractivity contribution < 1.29 is 5.11 Å². The first kappa shape index (κ1) is 14.0. The van der Waals surface area contributed by atoms with E-state index in [1.165, 1.54) is 29.1 Å². The van der Waals surface area contributed by atoms with Gasteiger partial charge in [0.15, 0.2) is 0 Å². The van der Waals surface area contributed by atoms with Crippen molar-refractivity contribution >= 4 is 11.3 Å². The number of aromatic nitrogens is 1. The number of hydrogen-bond acceptors (Lipinski definition) is 4. The van der Waals surface area contributed by atoms with E-state index in [0.29, 0.717) is 5.92 Å². The average Bonchev–Trinajstić information content (AvgIpc) is 2.75. The van der Waals surface area contributed by atoms with Gasteiger partial charge in [-0.2, -0.15) is 0 Å². The van der Waals surface area contributed by atoms with Crippen molar-refractivity contribution in [1.82, 2.24) is 10.3 Å². The molecular formula is C14H24N2OS. The Bertz CT molecular complexity index is 362. The highest BCUT2D eigenvalue weighted by atomic mass is 32.1. The van der Waals surface area contributed by atoms with Crippen LogP contribution < -0.4 is 5.32 Å². The van der Waals surface area contributed by atoms with E-state index in [1.54, 1.807) is 0 Å². The molecule has 102 valence electrons. The Labute approximate surface area is 114 Å². The maximum Gasteiger partial charge on any atom is 0.0959 e. The van der Waals surface area contributed by atoms with Crippen molar-refractivity contribution in [2.75, 3.05) is 6.61 Å². The van der Waals surface area contributed by atoms with Crippen molar-refractivity contribution in [3.8, 4) is 0 Å². The molecule has 2 N–H and O–H groups in total. The zero-order valence-corrected chi connectivity index (χ0v) is 12.2. The topological polar surface area (TPSA) is 45.1 Å². The van der Waals surface area contributed by atoms with Gasteiger partial charge in [0.05, 0.1) is 11.6 Å². The fourth-order valence-corrected chi connectivity index (χ4v) is 3.25. The Morgan fingerprint density at radius 3 is 2.89 bits per heavy atom. The number of aliphatic hydroxyl groups is 1. The summed E-state index contributed by atoms with van der Waals surface area (Å²) in [6.45, 7) is 5.39. The fraction of sp³-hybridized carbons (Fsp3) is 0.786. The third kappa shape index (κ3) is 3.31. The van der Waals surface area contributed by atoms with Gasteiger partial charge in [0, 0.05) is 29.6 Å². The molecule has 2 rings (SSSR count). The van der Waals surface area contributed by atoms with E-state index < -0.39 is 0 Å². The van der Waals surface area contributed by atoms with Crippen LogP contribution in [0.25, 0.3) is 0 Å². The van der Waals surface area contributed by atoms with E-state index in [2.05, 4.69) is 24.1 Å². The smallest absolute Gasteiger partial charge is 0.0959 e. The minimum atomic E-state index is 0.198. The van der Waals surface area contributed by atoms with Crippen LogP contribution in [-0.4, -0.2) is 22.7 Å². The molecule has 3 nitrogen and oxygen atoms in total. The number of nitrogens with one attached hydrogen (secondary N) is 1. The average molecular weight is 268 g/mol. The molecule has 1 aromatic rings. The Kier molecular flexibility index (Phi) is 5.15. The Morgan fingerprint density at radius 2 is 2.33 bits per heavy atom. The van der Waals surface area contributed by atoms with Crippen molar-refractivity contribution in [1.29, 1.82) is 0 Å². The van der Waals surface area contributed by atoms with Crippen molar-refractivity contribution in [3.05, 3.63) is 16.1 Å². The first-order chi connectivity index (χ1) is 8.74. The summed E-state index contributed by atoms with van der Waals surface area (Å²) in [5.74, 6) is 1.24. The molecule has 0 unspecified atom stereocenters. The molecule has 4 heteroatoms. The summed E-state index contributed by atoms with van der Waals surface area (Å²) in [6.07, 6.45) is 7.07. The second kappa shape index (κ2) is 6.64. The highest BCUT2D eigenvalue weighted by Gasteiger charge is 2.22.